The SMILES string of the molecule is COc1cc(/C=C2/SC(=O)N(CC(=O)N3CCCC3)C2=O)cc(I)c1OCc1ccc2ccccc2c1. The minimum atomic E-state index is -0.451. The molecule has 0 aromatic heterocycles. The van der Waals surface area contributed by atoms with Crippen LogP contribution in [-0.2, 0) is 16.2 Å². The van der Waals surface area contributed by atoms with Crippen LogP contribution in [0.25, 0.3) is 16.8 Å². The van der Waals surface area contributed by atoms with Crippen LogP contribution in [-0.4, -0.2) is 53.6 Å². The third kappa shape index (κ3) is 5.62. The molecule has 2 saturated heterocycles. The summed E-state index contributed by atoms with van der Waals surface area (Å²) in [5.41, 5.74) is 1.74. The molecule has 7 nitrogen and oxygen atoms in total. The van der Waals surface area contributed by atoms with Gasteiger partial charge in [0.25, 0.3) is 11.1 Å². The van der Waals surface area contributed by atoms with E-state index in [-0.39, 0.29) is 17.4 Å². The van der Waals surface area contributed by atoms with Gasteiger partial charge in [-0.1, -0.05) is 36.4 Å². The first-order valence-corrected chi connectivity index (χ1v) is 13.8. The van der Waals surface area contributed by atoms with Crippen molar-refractivity contribution < 1.29 is 23.9 Å². The van der Waals surface area contributed by atoms with Crippen molar-refractivity contribution in [2.45, 2.75) is 19.4 Å². The average molecular weight is 628 g/mol. The summed E-state index contributed by atoms with van der Waals surface area (Å²) in [6.07, 6.45) is 3.56. The fraction of sp³-hybridized carbons (Fsp3) is 0.250. The third-order valence-electron chi connectivity index (χ3n) is 6.37. The number of rotatable bonds is 7. The van der Waals surface area contributed by atoms with Crippen LogP contribution in [0, 0.1) is 3.57 Å². The number of halogens is 1. The zero-order chi connectivity index (χ0) is 25.9. The average Bonchev–Trinajstić information content (AvgIpc) is 3.53. The summed E-state index contributed by atoms with van der Waals surface area (Å²) in [5.74, 6) is 0.499. The molecule has 0 atom stereocenters. The van der Waals surface area contributed by atoms with E-state index in [1.54, 1.807) is 24.2 Å². The number of likely N-dealkylation sites (tertiary alicyclic amines) is 1. The number of nitrogens with zero attached hydrogens (tertiary/aromatic N) is 2. The van der Waals surface area contributed by atoms with Crippen LogP contribution in [0.3, 0.4) is 0 Å². The molecule has 2 heterocycles. The van der Waals surface area contributed by atoms with E-state index >= 15 is 0 Å². The molecule has 2 aliphatic heterocycles. The molecule has 9 heteroatoms. The van der Waals surface area contributed by atoms with E-state index in [0.29, 0.717) is 36.8 Å². The molecule has 3 amide bonds. The lowest BCUT2D eigenvalue weighted by molar-refractivity contribution is -0.135. The first-order valence-electron chi connectivity index (χ1n) is 11.9. The lowest BCUT2D eigenvalue weighted by Gasteiger charge is -2.18. The van der Waals surface area contributed by atoms with Gasteiger partial charge in [0.1, 0.15) is 13.2 Å². The number of carbonyl (C=O) groups is 3. The van der Waals surface area contributed by atoms with Crippen LogP contribution < -0.4 is 9.47 Å². The van der Waals surface area contributed by atoms with Crippen LogP contribution in [0.1, 0.15) is 24.0 Å². The summed E-state index contributed by atoms with van der Waals surface area (Å²) in [6, 6.07) is 18.1. The van der Waals surface area contributed by atoms with Gasteiger partial charge < -0.3 is 14.4 Å². The molecule has 5 rings (SSSR count). The van der Waals surface area contributed by atoms with Crippen molar-refractivity contribution in [3.8, 4) is 11.5 Å². The zero-order valence-corrected chi connectivity index (χ0v) is 23.2. The minimum Gasteiger partial charge on any atom is -0.493 e. The minimum absolute atomic E-state index is 0.190. The number of amides is 3. The molecule has 0 N–H and O–H groups in total. The van der Waals surface area contributed by atoms with Crippen LogP contribution >= 0.6 is 34.4 Å². The van der Waals surface area contributed by atoms with Crippen molar-refractivity contribution in [3.63, 3.8) is 0 Å². The standard InChI is InChI=1S/C28H25IN2O5S/c1-35-23-14-19(15-24-27(33)31(28(34)37-24)16-25(32)30-10-4-5-11-30)13-22(29)26(23)36-17-18-8-9-20-6-2-3-7-21(20)12-18/h2-3,6-9,12-15H,4-5,10-11,16-17H2,1H3/b24-15+. The number of hydrogen-bond acceptors (Lipinski definition) is 6. The summed E-state index contributed by atoms with van der Waals surface area (Å²) in [7, 11) is 1.57. The third-order valence-corrected chi connectivity index (χ3v) is 8.08. The largest absolute Gasteiger partial charge is 0.493 e. The van der Waals surface area contributed by atoms with Crippen molar-refractivity contribution in [2.75, 3.05) is 26.7 Å². The highest BCUT2D eigenvalue weighted by molar-refractivity contribution is 14.1. The van der Waals surface area contributed by atoms with Gasteiger partial charge in [-0.05, 0) is 93.4 Å². The zero-order valence-electron chi connectivity index (χ0n) is 20.2. The van der Waals surface area contributed by atoms with E-state index < -0.39 is 11.1 Å². The second-order valence-electron chi connectivity index (χ2n) is 8.86. The Hall–Kier alpha value is -3.05. The van der Waals surface area contributed by atoms with Crippen LogP contribution in [0.4, 0.5) is 4.79 Å². The molecule has 2 aliphatic rings. The normalized spacial score (nSPS) is 16.8. The van der Waals surface area contributed by atoms with Gasteiger partial charge in [-0.3, -0.25) is 19.3 Å². The molecule has 190 valence electrons. The fourth-order valence-electron chi connectivity index (χ4n) is 4.44. The topological polar surface area (TPSA) is 76.2 Å². The number of hydrogen-bond donors (Lipinski definition) is 0. The van der Waals surface area contributed by atoms with Gasteiger partial charge in [-0.25, -0.2) is 0 Å². The summed E-state index contributed by atoms with van der Waals surface area (Å²) < 4.78 is 12.5. The predicted molar refractivity (Wildman–Crippen MR) is 152 cm³/mol. The highest BCUT2D eigenvalue weighted by Crippen LogP contribution is 2.38. The molecule has 0 bridgehead atoms. The van der Waals surface area contributed by atoms with E-state index in [0.717, 1.165) is 44.0 Å². The Morgan fingerprint density at radius 3 is 2.57 bits per heavy atom. The summed E-state index contributed by atoms with van der Waals surface area (Å²) in [5, 5.41) is 1.89. The number of ether oxygens (including phenoxy) is 2. The van der Waals surface area contributed by atoms with Crippen molar-refractivity contribution in [3.05, 3.63) is 74.2 Å². The van der Waals surface area contributed by atoms with E-state index in [9.17, 15) is 14.4 Å². The molecule has 3 aromatic rings. The monoisotopic (exact) mass is 628 g/mol. The van der Waals surface area contributed by atoms with Gasteiger partial charge in [-0.2, -0.15) is 0 Å². The maximum Gasteiger partial charge on any atom is 0.294 e. The Balaban J connectivity index is 1.31. The highest BCUT2D eigenvalue weighted by Gasteiger charge is 2.37. The first kappa shape index (κ1) is 25.6. The molecule has 0 unspecified atom stereocenters. The second kappa shape index (κ2) is 11.1. The van der Waals surface area contributed by atoms with Crippen molar-refractivity contribution in [1.82, 2.24) is 9.80 Å². The molecule has 0 saturated carbocycles. The van der Waals surface area contributed by atoms with Crippen LogP contribution in [0.15, 0.2) is 59.5 Å². The summed E-state index contributed by atoms with van der Waals surface area (Å²) >= 11 is 3.02. The van der Waals surface area contributed by atoms with Gasteiger partial charge in [0, 0.05) is 13.1 Å². The van der Waals surface area contributed by atoms with Crippen molar-refractivity contribution in [1.29, 1.82) is 0 Å². The number of carbonyl (C=O) groups excluding carboxylic acids is 3. The number of thioether (sulfide) groups is 1. The van der Waals surface area contributed by atoms with Crippen molar-refractivity contribution >= 4 is 68.3 Å². The quantitative estimate of drug-likeness (QED) is 0.247. The van der Waals surface area contributed by atoms with E-state index in [2.05, 4.69) is 46.9 Å². The van der Waals surface area contributed by atoms with Gasteiger partial charge in [0.15, 0.2) is 11.5 Å². The van der Waals surface area contributed by atoms with Gasteiger partial charge in [0.05, 0.1) is 15.6 Å². The maximum atomic E-state index is 12.9. The van der Waals surface area contributed by atoms with Crippen molar-refractivity contribution in [2.24, 2.45) is 0 Å². The van der Waals surface area contributed by atoms with E-state index in [1.807, 2.05) is 24.3 Å². The predicted octanol–water partition coefficient (Wildman–Crippen LogP) is 5.69. The van der Waals surface area contributed by atoms with Crippen LogP contribution in [0.5, 0.6) is 11.5 Å². The van der Waals surface area contributed by atoms with Gasteiger partial charge >= 0.3 is 0 Å². The van der Waals surface area contributed by atoms with Gasteiger partial charge in [0.2, 0.25) is 5.91 Å². The lowest BCUT2D eigenvalue weighted by Crippen LogP contribution is -2.40. The first-order chi connectivity index (χ1) is 17.9. The molecule has 37 heavy (non-hydrogen) atoms. The number of methoxy groups -OCH3 is 1. The molecular formula is C28H25IN2O5S. The van der Waals surface area contributed by atoms with E-state index in [4.69, 9.17) is 9.47 Å². The molecule has 0 spiro atoms. The molecule has 3 aromatic carbocycles. The lowest BCUT2D eigenvalue weighted by atomic mass is 10.1. The number of fused-ring (bicyclic) bond motifs is 1. The Kier molecular flexibility index (Phi) is 7.71. The molecule has 0 radical (unpaired) electrons. The Labute approximate surface area is 232 Å². The van der Waals surface area contributed by atoms with Gasteiger partial charge in [-0.15, -0.1) is 0 Å². The number of imide groups is 1. The smallest absolute Gasteiger partial charge is 0.294 e. The van der Waals surface area contributed by atoms with E-state index in [1.165, 1.54) is 5.39 Å². The molecule has 2 fully saturated rings. The summed E-state index contributed by atoms with van der Waals surface area (Å²) in [6.45, 7) is 1.52. The maximum absolute atomic E-state index is 12.9. The number of benzene rings is 3. The highest BCUT2D eigenvalue weighted by atomic mass is 127. The Morgan fingerprint density at radius 2 is 1.81 bits per heavy atom. The molecular weight excluding hydrogens is 603 g/mol. The second-order valence-corrected chi connectivity index (χ2v) is 11.0. The molecule has 0 aliphatic carbocycles. The Bertz CT molecular complexity index is 1420. The summed E-state index contributed by atoms with van der Waals surface area (Å²) in [4.78, 5) is 40.9. The Morgan fingerprint density at radius 1 is 1.05 bits per heavy atom. The fourth-order valence-corrected chi connectivity index (χ4v) is 6.06. The van der Waals surface area contributed by atoms with Crippen LogP contribution in [0.2, 0.25) is 0 Å².